The fourth-order valence-electron chi connectivity index (χ4n) is 3.27. The lowest BCUT2D eigenvalue weighted by atomic mass is 9.84. The maximum absolute atomic E-state index is 12.4. The highest BCUT2D eigenvalue weighted by molar-refractivity contribution is 5.93. The Morgan fingerprint density at radius 1 is 1.25 bits per heavy atom. The zero-order valence-electron chi connectivity index (χ0n) is 13.7. The third-order valence-corrected chi connectivity index (χ3v) is 4.61. The fourth-order valence-corrected chi connectivity index (χ4v) is 3.27. The van der Waals surface area contributed by atoms with Gasteiger partial charge in [0.1, 0.15) is 0 Å². The van der Waals surface area contributed by atoms with Gasteiger partial charge in [0, 0.05) is 12.2 Å². The number of aromatic nitrogens is 2. The summed E-state index contributed by atoms with van der Waals surface area (Å²) in [4.78, 5) is 12.4. The summed E-state index contributed by atoms with van der Waals surface area (Å²) in [5, 5.41) is 7.44. The normalized spacial score (nSPS) is 20.2. The Labute approximate surface area is 149 Å². The van der Waals surface area contributed by atoms with Crippen molar-refractivity contribution >= 4 is 18.3 Å². The van der Waals surface area contributed by atoms with E-state index in [1.165, 1.54) is 6.42 Å². The molecule has 1 aromatic carbocycles. The number of halogens is 1. The predicted molar refractivity (Wildman–Crippen MR) is 97.3 cm³/mol. The molecule has 1 aromatic heterocycles. The van der Waals surface area contributed by atoms with Crippen molar-refractivity contribution < 1.29 is 4.79 Å². The third kappa shape index (κ3) is 4.58. The van der Waals surface area contributed by atoms with Crippen LogP contribution < -0.4 is 11.1 Å². The van der Waals surface area contributed by atoms with Crippen molar-refractivity contribution in [3.8, 4) is 0 Å². The highest BCUT2D eigenvalue weighted by Crippen LogP contribution is 2.23. The van der Waals surface area contributed by atoms with Crippen LogP contribution in [0.2, 0.25) is 0 Å². The Balaban J connectivity index is 0.00000208. The van der Waals surface area contributed by atoms with Gasteiger partial charge in [-0.3, -0.25) is 9.48 Å². The standard InChI is InChI=1S/C18H24N4O.ClH/c19-10-15-8-4-5-9-17(15)21-18(23)16-11-20-22(13-16)12-14-6-2-1-3-7-14;/h1-3,6-7,11,13,15,17H,4-5,8-10,12,19H2,(H,21,23);1H. The highest BCUT2D eigenvalue weighted by Gasteiger charge is 2.25. The van der Waals surface area contributed by atoms with Crippen LogP contribution in [0.4, 0.5) is 0 Å². The summed E-state index contributed by atoms with van der Waals surface area (Å²) in [6.07, 6.45) is 7.94. The van der Waals surface area contributed by atoms with Gasteiger partial charge in [-0.05, 0) is 30.9 Å². The molecule has 2 aromatic rings. The molecule has 2 unspecified atom stereocenters. The lowest BCUT2D eigenvalue weighted by molar-refractivity contribution is 0.0908. The molecule has 0 aliphatic heterocycles. The zero-order chi connectivity index (χ0) is 16.1. The maximum atomic E-state index is 12.4. The first kappa shape index (κ1) is 18.5. The first-order valence-electron chi connectivity index (χ1n) is 8.33. The fraction of sp³-hybridized carbons (Fsp3) is 0.444. The maximum Gasteiger partial charge on any atom is 0.254 e. The Bertz CT molecular complexity index is 643. The Kier molecular flexibility index (Phi) is 6.82. The number of nitrogens with two attached hydrogens (primary N) is 1. The molecule has 0 spiro atoms. The van der Waals surface area contributed by atoms with E-state index in [4.69, 9.17) is 5.73 Å². The van der Waals surface area contributed by atoms with Crippen LogP contribution in [0.1, 0.15) is 41.6 Å². The number of amides is 1. The topological polar surface area (TPSA) is 72.9 Å². The summed E-state index contributed by atoms with van der Waals surface area (Å²) in [5.41, 5.74) is 7.61. The largest absolute Gasteiger partial charge is 0.349 e. The van der Waals surface area contributed by atoms with E-state index in [9.17, 15) is 4.79 Å². The molecule has 24 heavy (non-hydrogen) atoms. The molecule has 1 aliphatic carbocycles. The van der Waals surface area contributed by atoms with Crippen molar-refractivity contribution in [1.82, 2.24) is 15.1 Å². The molecule has 1 saturated carbocycles. The SMILES string of the molecule is Cl.NCC1CCCCC1NC(=O)c1cnn(Cc2ccccc2)c1. The lowest BCUT2D eigenvalue weighted by Gasteiger charge is -2.31. The van der Waals surface area contributed by atoms with E-state index in [0.29, 0.717) is 24.6 Å². The van der Waals surface area contributed by atoms with E-state index in [1.807, 2.05) is 24.4 Å². The van der Waals surface area contributed by atoms with Gasteiger partial charge in [-0.15, -0.1) is 12.4 Å². The van der Waals surface area contributed by atoms with Gasteiger partial charge in [0.15, 0.2) is 0 Å². The van der Waals surface area contributed by atoms with Crippen LogP contribution in [0, 0.1) is 5.92 Å². The van der Waals surface area contributed by atoms with E-state index in [1.54, 1.807) is 10.9 Å². The smallest absolute Gasteiger partial charge is 0.254 e. The van der Waals surface area contributed by atoms with Crippen LogP contribution >= 0.6 is 12.4 Å². The molecule has 0 bridgehead atoms. The molecule has 1 fully saturated rings. The van der Waals surface area contributed by atoms with Gasteiger partial charge in [-0.1, -0.05) is 43.2 Å². The van der Waals surface area contributed by atoms with E-state index < -0.39 is 0 Å². The van der Waals surface area contributed by atoms with Gasteiger partial charge in [-0.2, -0.15) is 5.10 Å². The van der Waals surface area contributed by atoms with Gasteiger partial charge in [0.05, 0.1) is 18.3 Å². The van der Waals surface area contributed by atoms with Gasteiger partial charge in [0.25, 0.3) is 5.91 Å². The minimum atomic E-state index is -0.0466. The van der Waals surface area contributed by atoms with Crippen LogP contribution in [0.15, 0.2) is 42.7 Å². The summed E-state index contributed by atoms with van der Waals surface area (Å²) < 4.78 is 1.80. The number of benzene rings is 1. The predicted octanol–water partition coefficient (Wildman–Crippen LogP) is 2.60. The summed E-state index contributed by atoms with van der Waals surface area (Å²) >= 11 is 0. The van der Waals surface area contributed by atoms with Gasteiger partial charge >= 0.3 is 0 Å². The van der Waals surface area contributed by atoms with Gasteiger partial charge in [-0.25, -0.2) is 0 Å². The first-order valence-corrected chi connectivity index (χ1v) is 8.33. The number of hydrogen-bond donors (Lipinski definition) is 2. The van der Waals surface area contributed by atoms with Crippen LogP contribution in [0.5, 0.6) is 0 Å². The first-order chi connectivity index (χ1) is 11.3. The van der Waals surface area contributed by atoms with Crippen molar-refractivity contribution in [2.75, 3.05) is 6.54 Å². The second-order valence-corrected chi connectivity index (χ2v) is 6.27. The minimum absolute atomic E-state index is 0. The quantitative estimate of drug-likeness (QED) is 0.872. The molecule has 130 valence electrons. The second-order valence-electron chi connectivity index (χ2n) is 6.27. The molecule has 1 amide bonds. The van der Waals surface area contributed by atoms with Crippen molar-refractivity contribution in [2.24, 2.45) is 11.7 Å². The zero-order valence-corrected chi connectivity index (χ0v) is 14.5. The average Bonchev–Trinajstić information content (AvgIpc) is 3.05. The summed E-state index contributed by atoms with van der Waals surface area (Å²) in [5.74, 6) is 0.349. The molecule has 0 radical (unpaired) electrons. The van der Waals surface area contributed by atoms with Crippen LogP contribution in [-0.2, 0) is 6.54 Å². The number of rotatable bonds is 5. The molecular formula is C18H25ClN4O. The van der Waals surface area contributed by atoms with Crippen LogP contribution in [0.3, 0.4) is 0 Å². The van der Waals surface area contributed by atoms with Crippen LogP contribution in [0.25, 0.3) is 0 Å². The summed E-state index contributed by atoms with van der Waals surface area (Å²) in [6.45, 7) is 1.31. The molecule has 3 N–H and O–H groups in total. The number of carbonyl (C=O) groups excluding carboxylic acids is 1. The number of hydrogen-bond acceptors (Lipinski definition) is 3. The summed E-state index contributed by atoms with van der Waals surface area (Å²) in [6, 6.07) is 10.3. The molecule has 1 heterocycles. The minimum Gasteiger partial charge on any atom is -0.349 e. The average molecular weight is 349 g/mol. The molecule has 5 nitrogen and oxygen atoms in total. The molecule has 2 atom stereocenters. The lowest BCUT2D eigenvalue weighted by Crippen LogP contribution is -2.44. The van der Waals surface area contributed by atoms with E-state index >= 15 is 0 Å². The van der Waals surface area contributed by atoms with E-state index in [-0.39, 0.29) is 24.4 Å². The molecule has 3 rings (SSSR count). The highest BCUT2D eigenvalue weighted by atomic mass is 35.5. The van der Waals surface area contributed by atoms with Crippen molar-refractivity contribution in [3.05, 3.63) is 53.9 Å². The molecule has 0 saturated heterocycles. The molecule has 6 heteroatoms. The third-order valence-electron chi connectivity index (χ3n) is 4.61. The Hall–Kier alpha value is -1.85. The Morgan fingerprint density at radius 3 is 2.75 bits per heavy atom. The summed E-state index contributed by atoms with van der Waals surface area (Å²) in [7, 11) is 0. The Morgan fingerprint density at radius 2 is 2.00 bits per heavy atom. The second kappa shape index (κ2) is 8.85. The van der Waals surface area contributed by atoms with Crippen molar-refractivity contribution in [1.29, 1.82) is 0 Å². The number of nitrogens with zero attached hydrogens (tertiary/aromatic N) is 2. The molecule has 1 aliphatic rings. The van der Waals surface area contributed by atoms with Crippen molar-refractivity contribution in [2.45, 2.75) is 38.3 Å². The van der Waals surface area contributed by atoms with E-state index in [2.05, 4.69) is 22.5 Å². The van der Waals surface area contributed by atoms with Crippen molar-refractivity contribution in [3.63, 3.8) is 0 Å². The number of carbonyl (C=O) groups is 1. The monoisotopic (exact) mass is 348 g/mol. The number of nitrogens with one attached hydrogen (secondary N) is 1. The van der Waals surface area contributed by atoms with Crippen LogP contribution in [-0.4, -0.2) is 28.3 Å². The van der Waals surface area contributed by atoms with Gasteiger partial charge in [0.2, 0.25) is 0 Å². The van der Waals surface area contributed by atoms with E-state index in [0.717, 1.165) is 24.8 Å². The van der Waals surface area contributed by atoms with Gasteiger partial charge < -0.3 is 11.1 Å². The molecular weight excluding hydrogens is 324 g/mol.